The van der Waals surface area contributed by atoms with Crippen molar-refractivity contribution >= 4 is 46.4 Å². The van der Waals surface area contributed by atoms with E-state index in [1.165, 1.54) is 18.2 Å². The Morgan fingerprint density at radius 2 is 2.04 bits per heavy atom. The third-order valence-electron chi connectivity index (χ3n) is 3.16. The van der Waals surface area contributed by atoms with E-state index in [9.17, 15) is 14.9 Å². The van der Waals surface area contributed by atoms with Crippen LogP contribution < -0.4 is 10.6 Å². The molecule has 0 saturated carbocycles. The Morgan fingerprint density at radius 1 is 1.28 bits per heavy atom. The van der Waals surface area contributed by atoms with Crippen LogP contribution in [0.2, 0.25) is 0 Å². The van der Waals surface area contributed by atoms with Crippen molar-refractivity contribution in [1.29, 1.82) is 0 Å². The molecule has 25 heavy (non-hydrogen) atoms. The highest BCUT2D eigenvalue weighted by Crippen LogP contribution is 2.29. The maximum absolute atomic E-state index is 12.3. The molecule has 132 valence electrons. The van der Waals surface area contributed by atoms with Crippen molar-refractivity contribution in [2.24, 2.45) is 0 Å². The quantitative estimate of drug-likeness (QED) is 0.334. The topological polar surface area (TPSA) is 97.2 Å². The first-order valence-electron chi connectivity index (χ1n) is 7.01. The maximum atomic E-state index is 12.3. The summed E-state index contributed by atoms with van der Waals surface area (Å²) in [5.74, 6) is -0.612. The molecule has 0 saturated heterocycles. The Labute approximate surface area is 158 Å². The van der Waals surface area contributed by atoms with Crippen LogP contribution >= 0.6 is 34.8 Å². The number of nitrogens with zero attached hydrogens (tertiary/aromatic N) is 2. The van der Waals surface area contributed by atoms with E-state index in [-0.39, 0.29) is 11.3 Å². The van der Waals surface area contributed by atoms with Crippen molar-refractivity contribution in [2.75, 3.05) is 0 Å². The molecule has 7 nitrogen and oxygen atoms in total. The monoisotopic (exact) mass is 402 g/mol. The lowest BCUT2D eigenvalue weighted by atomic mass is 10.2. The number of rotatable bonds is 6. The summed E-state index contributed by atoms with van der Waals surface area (Å²) in [5, 5.41) is 16.2. The van der Waals surface area contributed by atoms with Crippen LogP contribution in [0.5, 0.6) is 0 Å². The summed E-state index contributed by atoms with van der Waals surface area (Å²) in [4.78, 5) is 26.5. The predicted octanol–water partition coefficient (Wildman–Crippen LogP) is 3.21. The average molecular weight is 404 g/mol. The molecule has 0 unspecified atom stereocenters. The minimum Gasteiger partial charge on any atom is -0.333 e. The first-order valence-corrected chi connectivity index (χ1v) is 8.15. The standard InChI is InChI=1S/C15H13Cl3N4O3/c16-15(17,18)14(20-9-10-3-2-6-19-8-10)21-13(23)11-4-1-5-12(7-11)22(24)25/h1-8,14,20H,9H2,(H,21,23)/t14-/m0/s1. The van der Waals surface area contributed by atoms with E-state index in [4.69, 9.17) is 34.8 Å². The van der Waals surface area contributed by atoms with Crippen molar-refractivity contribution in [3.05, 3.63) is 70.0 Å². The number of benzene rings is 1. The van der Waals surface area contributed by atoms with Crippen molar-refractivity contribution in [2.45, 2.75) is 16.5 Å². The summed E-state index contributed by atoms with van der Waals surface area (Å²) in [5.41, 5.74) is 0.698. The summed E-state index contributed by atoms with van der Waals surface area (Å²) in [6.45, 7) is 0.293. The largest absolute Gasteiger partial charge is 0.333 e. The Hall–Kier alpha value is -1.93. The number of hydrogen-bond acceptors (Lipinski definition) is 5. The van der Waals surface area contributed by atoms with Gasteiger partial charge in [0.15, 0.2) is 0 Å². The van der Waals surface area contributed by atoms with E-state index < -0.39 is 20.8 Å². The highest BCUT2D eigenvalue weighted by molar-refractivity contribution is 6.68. The zero-order chi connectivity index (χ0) is 18.4. The van der Waals surface area contributed by atoms with Crippen molar-refractivity contribution in [3.8, 4) is 0 Å². The molecule has 1 atom stereocenters. The summed E-state index contributed by atoms with van der Waals surface area (Å²) < 4.78 is -1.83. The number of nitro groups is 1. The van der Waals surface area contributed by atoms with Gasteiger partial charge in [-0.3, -0.25) is 25.2 Å². The summed E-state index contributed by atoms with van der Waals surface area (Å²) in [7, 11) is 0. The van der Waals surface area contributed by atoms with Crippen molar-refractivity contribution in [1.82, 2.24) is 15.6 Å². The number of aromatic nitrogens is 1. The van der Waals surface area contributed by atoms with Gasteiger partial charge in [-0.1, -0.05) is 46.9 Å². The van der Waals surface area contributed by atoms with E-state index in [1.807, 2.05) is 6.07 Å². The highest BCUT2D eigenvalue weighted by atomic mass is 35.6. The van der Waals surface area contributed by atoms with E-state index >= 15 is 0 Å². The van der Waals surface area contributed by atoms with Crippen LogP contribution in [-0.4, -0.2) is 25.8 Å². The Morgan fingerprint density at radius 3 is 2.64 bits per heavy atom. The van der Waals surface area contributed by atoms with Crippen LogP contribution in [0.1, 0.15) is 15.9 Å². The van der Waals surface area contributed by atoms with Crippen LogP contribution in [0.3, 0.4) is 0 Å². The fraction of sp³-hybridized carbons (Fsp3) is 0.200. The van der Waals surface area contributed by atoms with Gasteiger partial charge in [-0.2, -0.15) is 0 Å². The molecule has 10 heteroatoms. The van der Waals surface area contributed by atoms with Crippen LogP contribution in [0.25, 0.3) is 0 Å². The van der Waals surface area contributed by atoms with Gasteiger partial charge < -0.3 is 5.32 Å². The number of halogens is 3. The van der Waals surface area contributed by atoms with Crippen LogP contribution in [0.15, 0.2) is 48.8 Å². The number of amides is 1. The first-order chi connectivity index (χ1) is 11.8. The number of nitrogens with one attached hydrogen (secondary N) is 2. The van der Waals surface area contributed by atoms with E-state index in [0.717, 1.165) is 11.6 Å². The third-order valence-corrected chi connectivity index (χ3v) is 3.81. The Kier molecular flexibility index (Phi) is 6.55. The van der Waals surface area contributed by atoms with Gasteiger partial charge in [0.25, 0.3) is 11.6 Å². The van der Waals surface area contributed by atoms with Gasteiger partial charge in [0, 0.05) is 36.6 Å². The van der Waals surface area contributed by atoms with Crippen LogP contribution in [-0.2, 0) is 6.54 Å². The highest BCUT2D eigenvalue weighted by Gasteiger charge is 2.34. The van der Waals surface area contributed by atoms with Crippen LogP contribution in [0, 0.1) is 10.1 Å². The SMILES string of the molecule is O=C(N[C@H](NCc1cccnc1)C(Cl)(Cl)Cl)c1cccc([N+](=O)[O-])c1. The molecular formula is C15H13Cl3N4O3. The number of carbonyl (C=O) groups is 1. The van der Waals surface area contributed by atoms with Crippen molar-refractivity contribution < 1.29 is 9.72 Å². The van der Waals surface area contributed by atoms with Crippen LogP contribution in [0.4, 0.5) is 5.69 Å². The Balaban J connectivity index is 2.10. The number of non-ortho nitro benzene ring substituents is 1. The minimum atomic E-state index is -1.83. The average Bonchev–Trinajstić information content (AvgIpc) is 2.58. The smallest absolute Gasteiger partial charge is 0.270 e. The second kappa shape index (κ2) is 8.44. The molecule has 0 bridgehead atoms. The molecule has 0 aliphatic rings. The molecule has 1 aromatic carbocycles. The second-order valence-corrected chi connectivity index (χ2v) is 7.37. The van der Waals surface area contributed by atoms with Crippen molar-refractivity contribution in [3.63, 3.8) is 0 Å². The van der Waals surface area contributed by atoms with Gasteiger partial charge in [-0.15, -0.1) is 0 Å². The van der Waals surface area contributed by atoms with Gasteiger partial charge in [-0.05, 0) is 17.7 Å². The Bertz CT molecular complexity index is 753. The van der Waals surface area contributed by atoms with E-state index in [1.54, 1.807) is 18.5 Å². The molecule has 0 spiro atoms. The molecule has 2 rings (SSSR count). The number of nitro benzene ring substituents is 1. The summed E-state index contributed by atoms with van der Waals surface area (Å²) in [6.07, 6.45) is 2.23. The molecule has 1 aromatic heterocycles. The lowest BCUT2D eigenvalue weighted by molar-refractivity contribution is -0.384. The van der Waals surface area contributed by atoms with Gasteiger partial charge in [0.2, 0.25) is 3.79 Å². The minimum absolute atomic E-state index is 0.0802. The van der Waals surface area contributed by atoms with E-state index in [2.05, 4.69) is 15.6 Å². The molecule has 0 aliphatic carbocycles. The molecule has 2 N–H and O–H groups in total. The van der Waals surface area contributed by atoms with Gasteiger partial charge in [-0.25, -0.2) is 0 Å². The predicted molar refractivity (Wildman–Crippen MR) is 95.7 cm³/mol. The molecular weight excluding hydrogens is 391 g/mol. The zero-order valence-electron chi connectivity index (χ0n) is 12.7. The first kappa shape index (κ1) is 19.4. The fourth-order valence-corrected chi connectivity index (χ4v) is 2.34. The summed E-state index contributed by atoms with van der Waals surface area (Å²) >= 11 is 17.7. The second-order valence-electron chi connectivity index (χ2n) is 5.00. The zero-order valence-corrected chi connectivity index (χ0v) is 14.9. The lowest BCUT2D eigenvalue weighted by Gasteiger charge is -2.26. The van der Waals surface area contributed by atoms with E-state index in [0.29, 0.717) is 6.54 Å². The number of pyridine rings is 1. The summed E-state index contributed by atoms with van der Waals surface area (Å²) in [6, 6.07) is 8.83. The lowest BCUT2D eigenvalue weighted by Crippen LogP contribution is -2.53. The fourth-order valence-electron chi connectivity index (χ4n) is 1.95. The number of alkyl halides is 3. The molecule has 2 aromatic rings. The molecule has 0 radical (unpaired) electrons. The number of hydrogen-bond donors (Lipinski definition) is 2. The maximum Gasteiger partial charge on any atom is 0.270 e. The molecule has 1 amide bonds. The normalized spacial score (nSPS) is 12.4. The number of carbonyl (C=O) groups excluding carboxylic acids is 1. The molecule has 0 aliphatic heterocycles. The van der Waals surface area contributed by atoms with Gasteiger partial charge in [0.1, 0.15) is 6.17 Å². The molecule has 0 fully saturated rings. The van der Waals surface area contributed by atoms with Gasteiger partial charge >= 0.3 is 0 Å². The van der Waals surface area contributed by atoms with Gasteiger partial charge in [0.05, 0.1) is 4.92 Å². The third kappa shape index (κ3) is 5.82. The molecule has 1 heterocycles.